The minimum Gasteiger partial charge on any atom is -0.407 e. The highest BCUT2D eigenvalue weighted by Crippen LogP contribution is 2.20. The molecule has 4 rings (SSSR count). The Morgan fingerprint density at radius 1 is 1.26 bits per heavy atom. The first-order chi connectivity index (χ1) is 15.0. The average molecular weight is 422 g/mol. The van der Waals surface area contributed by atoms with Crippen molar-refractivity contribution in [3.05, 3.63) is 81.2 Å². The molecule has 0 aliphatic rings. The van der Waals surface area contributed by atoms with Gasteiger partial charge in [-0.2, -0.15) is 5.10 Å². The number of aromatic nitrogens is 4. The molecule has 1 N–H and O–H groups in total. The SMILES string of the molecule is O=C(CCCn1c(=O)oc2cc([N+](=O)[O-])ccc21)Nc1ccn(Cc2cccnc2)n1. The van der Waals surface area contributed by atoms with E-state index in [-0.39, 0.29) is 30.1 Å². The molecule has 0 saturated heterocycles. The number of pyridine rings is 1. The maximum absolute atomic E-state index is 12.2. The second-order valence-corrected chi connectivity index (χ2v) is 6.84. The zero-order valence-electron chi connectivity index (χ0n) is 16.3. The van der Waals surface area contributed by atoms with Gasteiger partial charge in [0.1, 0.15) is 0 Å². The van der Waals surface area contributed by atoms with Crippen LogP contribution >= 0.6 is 0 Å². The number of nitrogens with zero attached hydrogens (tertiary/aromatic N) is 5. The Morgan fingerprint density at radius 3 is 2.90 bits per heavy atom. The first-order valence-corrected chi connectivity index (χ1v) is 9.49. The minimum atomic E-state index is -0.620. The number of benzene rings is 1. The molecule has 11 nitrogen and oxygen atoms in total. The third-order valence-corrected chi connectivity index (χ3v) is 4.62. The van der Waals surface area contributed by atoms with Gasteiger partial charge in [-0.3, -0.25) is 29.1 Å². The molecule has 0 atom stereocenters. The van der Waals surface area contributed by atoms with Crippen LogP contribution in [0.15, 0.2) is 64.2 Å². The molecule has 1 aromatic carbocycles. The van der Waals surface area contributed by atoms with Gasteiger partial charge in [-0.25, -0.2) is 4.79 Å². The quantitative estimate of drug-likeness (QED) is 0.340. The van der Waals surface area contributed by atoms with Gasteiger partial charge in [0.2, 0.25) is 5.91 Å². The molecular weight excluding hydrogens is 404 g/mol. The Morgan fingerprint density at radius 2 is 2.13 bits per heavy atom. The van der Waals surface area contributed by atoms with Gasteiger partial charge in [0.25, 0.3) is 5.69 Å². The van der Waals surface area contributed by atoms with E-state index in [9.17, 15) is 19.7 Å². The van der Waals surface area contributed by atoms with E-state index in [1.165, 1.54) is 22.8 Å². The summed E-state index contributed by atoms with van der Waals surface area (Å²) in [5, 5.41) is 17.9. The van der Waals surface area contributed by atoms with Gasteiger partial charge >= 0.3 is 5.76 Å². The summed E-state index contributed by atoms with van der Waals surface area (Å²) < 4.78 is 8.13. The number of nitro benzene ring substituents is 1. The molecule has 0 bridgehead atoms. The molecule has 4 aromatic rings. The lowest BCUT2D eigenvalue weighted by Crippen LogP contribution is -2.17. The molecule has 1 amide bonds. The number of carbonyl (C=O) groups is 1. The number of hydrogen-bond acceptors (Lipinski definition) is 7. The maximum Gasteiger partial charge on any atom is 0.419 e. The van der Waals surface area contributed by atoms with Crippen LogP contribution in [0.3, 0.4) is 0 Å². The lowest BCUT2D eigenvalue weighted by atomic mass is 10.2. The number of anilines is 1. The van der Waals surface area contributed by atoms with E-state index < -0.39 is 10.7 Å². The van der Waals surface area contributed by atoms with Gasteiger partial charge in [0.15, 0.2) is 11.4 Å². The number of oxazole rings is 1. The monoisotopic (exact) mass is 422 g/mol. The number of fused-ring (bicyclic) bond motifs is 1. The van der Waals surface area contributed by atoms with Gasteiger partial charge in [0, 0.05) is 43.7 Å². The van der Waals surface area contributed by atoms with Gasteiger partial charge in [0.05, 0.1) is 23.1 Å². The van der Waals surface area contributed by atoms with E-state index in [0.717, 1.165) is 5.56 Å². The van der Waals surface area contributed by atoms with E-state index >= 15 is 0 Å². The first-order valence-electron chi connectivity index (χ1n) is 9.49. The van der Waals surface area contributed by atoms with Crippen LogP contribution in [-0.4, -0.2) is 30.2 Å². The van der Waals surface area contributed by atoms with Crippen molar-refractivity contribution >= 4 is 28.5 Å². The molecule has 0 spiro atoms. The van der Waals surface area contributed by atoms with Crippen molar-refractivity contribution in [1.29, 1.82) is 0 Å². The minimum absolute atomic E-state index is 0.141. The summed E-state index contributed by atoms with van der Waals surface area (Å²) in [5.74, 6) is -0.416. The Bertz CT molecular complexity index is 1290. The molecule has 0 radical (unpaired) electrons. The molecule has 158 valence electrons. The highest BCUT2D eigenvalue weighted by molar-refractivity contribution is 5.89. The van der Waals surface area contributed by atoms with Crippen molar-refractivity contribution in [1.82, 2.24) is 19.3 Å². The maximum atomic E-state index is 12.2. The van der Waals surface area contributed by atoms with Crippen LogP contribution in [0.4, 0.5) is 11.5 Å². The number of amides is 1. The Hall–Kier alpha value is -4.28. The summed E-state index contributed by atoms with van der Waals surface area (Å²) in [7, 11) is 0. The van der Waals surface area contributed by atoms with Crippen LogP contribution in [0.25, 0.3) is 11.1 Å². The molecule has 0 fully saturated rings. The second kappa shape index (κ2) is 8.61. The molecule has 0 unspecified atom stereocenters. The zero-order valence-corrected chi connectivity index (χ0v) is 16.3. The van der Waals surface area contributed by atoms with Crippen molar-refractivity contribution < 1.29 is 14.1 Å². The molecule has 0 aliphatic heterocycles. The third-order valence-electron chi connectivity index (χ3n) is 4.62. The van der Waals surface area contributed by atoms with E-state index in [2.05, 4.69) is 15.4 Å². The van der Waals surface area contributed by atoms with Crippen molar-refractivity contribution in [3.8, 4) is 0 Å². The zero-order chi connectivity index (χ0) is 21.8. The Kier molecular flexibility index (Phi) is 5.56. The largest absolute Gasteiger partial charge is 0.419 e. The highest BCUT2D eigenvalue weighted by Gasteiger charge is 2.14. The van der Waals surface area contributed by atoms with Crippen molar-refractivity contribution in [3.63, 3.8) is 0 Å². The Labute approximate surface area is 175 Å². The van der Waals surface area contributed by atoms with Crippen molar-refractivity contribution in [2.75, 3.05) is 5.32 Å². The normalized spacial score (nSPS) is 11.0. The molecule has 31 heavy (non-hydrogen) atoms. The summed E-state index contributed by atoms with van der Waals surface area (Å²) in [6, 6.07) is 9.47. The lowest BCUT2D eigenvalue weighted by molar-refractivity contribution is -0.384. The number of nitro groups is 1. The van der Waals surface area contributed by atoms with Crippen molar-refractivity contribution in [2.45, 2.75) is 25.9 Å². The standard InChI is InChI=1S/C20H18N6O5/c27-19(22-18-7-10-24(23-18)13-14-3-1-8-21-12-14)4-2-9-25-16-6-5-15(26(29)30)11-17(16)31-20(25)28/h1,3,5-8,10-12H,2,4,9,13H2,(H,22,23,27). The summed E-state index contributed by atoms with van der Waals surface area (Å²) in [5.41, 5.74) is 1.43. The number of aryl methyl sites for hydroxylation is 1. The summed E-state index contributed by atoms with van der Waals surface area (Å²) >= 11 is 0. The highest BCUT2D eigenvalue weighted by atomic mass is 16.6. The van der Waals surface area contributed by atoms with Crippen LogP contribution in [0.2, 0.25) is 0 Å². The molecule has 11 heteroatoms. The smallest absolute Gasteiger partial charge is 0.407 e. The molecule has 0 aliphatic carbocycles. The van der Waals surface area contributed by atoms with Gasteiger partial charge in [-0.05, 0) is 24.1 Å². The summed E-state index contributed by atoms with van der Waals surface area (Å²) in [6.07, 6.45) is 5.76. The number of non-ortho nitro benzene ring substituents is 1. The fourth-order valence-corrected chi connectivity index (χ4v) is 3.18. The lowest BCUT2D eigenvalue weighted by Gasteiger charge is -2.04. The third kappa shape index (κ3) is 4.66. The molecule has 0 saturated carbocycles. The van der Waals surface area contributed by atoms with E-state index in [1.807, 2.05) is 12.1 Å². The van der Waals surface area contributed by atoms with E-state index in [0.29, 0.717) is 24.3 Å². The van der Waals surface area contributed by atoms with Gasteiger partial charge in [-0.15, -0.1) is 0 Å². The second-order valence-electron chi connectivity index (χ2n) is 6.84. The first kappa shape index (κ1) is 20.0. The van der Waals surface area contributed by atoms with Gasteiger partial charge < -0.3 is 9.73 Å². The van der Waals surface area contributed by atoms with Crippen LogP contribution in [-0.2, 0) is 17.9 Å². The number of hydrogen-bond donors (Lipinski definition) is 1. The van der Waals surface area contributed by atoms with Crippen LogP contribution < -0.4 is 11.1 Å². The number of nitrogens with one attached hydrogen (secondary N) is 1. The summed E-state index contributed by atoms with van der Waals surface area (Å²) in [4.78, 5) is 38.6. The number of rotatable bonds is 8. The van der Waals surface area contributed by atoms with E-state index in [4.69, 9.17) is 4.42 Å². The summed E-state index contributed by atoms with van der Waals surface area (Å²) in [6.45, 7) is 0.783. The fraction of sp³-hybridized carbons (Fsp3) is 0.200. The van der Waals surface area contributed by atoms with E-state index in [1.54, 1.807) is 29.3 Å². The van der Waals surface area contributed by atoms with Crippen LogP contribution in [0.1, 0.15) is 18.4 Å². The van der Waals surface area contributed by atoms with Crippen LogP contribution in [0.5, 0.6) is 0 Å². The van der Waals surface area contributed by atoms with Gasteiger partial charge in [-0.1, -0.05) is 6.07 Å². The predicted molar refractivity (Wildman–Crippen MR) is 111 cm³/mol. The molecule has 3 aromatic heterocycles. The number of carbonyl (C=O) groups excluding carboxylic acids is 1. The Balaban J connectivity index is 1.32. The fourth-order valence-electron chi connectivity index (χ4n) is 3.18. The topological polar surface area (TPSA) is 138 Å². The molecular formula is C20H18N6O5. The molecule has 3 heterocycles. The average Bonchev–Trinajstić information content (AvgIpc) is 3.31. The predicted octanol–water partition coefficient (Wildman–Crippen LogP) is 2.56. The van der Waals surface area contributed by atoms with Crippen LogP contribution in [0, 0.1) is 10.1 Å². The van der Waals surface area contributed by atoms with Crippen molar-refractivity contribution in [2.24, 2.45) is 0 Å².